The van der Waals surface area contributed by atoms with Gasteiger partial charge in [-0.05, 0) is 66.5 Å². The van der Waals surface area contributed by atoms with E-state index >= 15 is 4.11 Å². The summed E-state index contributed by atoms with van der Waals surface area (Å²) in [6.07, 6.45) is 2.73. The third kappa shape index (κ3) is 13.6. The summed E-state index contributed by atoms with van der Waals surface area (Å²) in [5.41, 5.74) is 5.95. The largest absolute Gasteiger partial charge is 0.480 e. The number of amides is 3. The Morgan fingerprint density at radius 2 is 1.30 bits per heavy atom. The second-order valence-corrected chi connectivity index (χ2v) is 19.6. The number of likely N-dealkylation sites (N-methyl/N-ethyl adjacent to an activating group) is 1. The van der Waals surface area contributed by atoms with E-state index in [1.54, 1.807) is 19.2 Å². The predicted octanol–water partition coefficient (Wildman–Crippen LogP) is 2.90. The van der Waals surface area contributed by atoms with Gasteiger partial charge in [-0.2, -0.15) is 0 Å². The van der Waals surface area contributed by atoms with Crippen molar-refractivity contribution >= 4 is 49.0 Å². The van der Waals surface area contributed by atoms with Gasteiger partial charge < -0.3 is 41.3 Å². The molecular formula is C35H58FN5O8Si. The molecule has 8 N–H and O–H groups in total. The summed E-state index contributed by atoms with van der Waals surface area (Å²) in [6, 6.07) is 3.15. The van der Waals surface area contributed by atoms with Crippen LogP contribution in [0.25, 0.3) is 0 Å². The third-order valence-electron chi connectivity index (χ3n) is 8.80. The molecule has 1 rings (SSSR count). The summed E-state index contributed by atoms with van der Waals surface area (Å²) < 4.78 is 16.6. The van der Waals surface area contributed by atoms with E-state index in [0.717, 1.165) is 0 Å². The number of carbonyl (C=O) groups is 6. The van der Waals surface area contributed by atoms with E-state index < -0.39 is 60.4 Å². The van der Waals surface area contributed by atoms with Crippen molar-refractivity contribution in [2.45, 2.75) is 128 Å². The lowest BCUT2D eigenvalue weighted by atomic mass is 10.0. The van der Waals surface area contributed by atoms with Gasteiger partial charge >= 0.3 is 11.9 Å². The van der Waals surface area contributed by atoms with Crippen LogP contribution in [-0.2, 0) is 24.0 Å². The molecule has 282 valence electrons. The minimum atomic E-state index is -3.53. The quantitative estimate of drug-likeness (QED) is 0.0527. The Bertz CT molecular complexity index is 1300. The molecule has 1 aromatic carbocycles. The fraction of sp³-hybridized carbons (Fsp3) is 0.657. The fourth-order valence-electron chi connectivity index (χ4n) is 6.07. The zero-order valence-corrected chi connectivity index (χ0v) is 31.6. The van der Waals surface area contributed by atoms with E-state index in [2.05, 4.69) is 21.3 Å². The molecule has 0 spiro atoms. The average Bonchev–Trinajstić information content (AvgIpc) is 3.03. The first-order valence-corrected chi connectivity index (χ1v) is 19.1. The Labute approximate surface area is 296 Å². The van der Waals surface area contributed by atoms with Crippen LogP contribution in [0, 0.1) is 0 Å². The SMILES string of the molecule is CN[C@H](CCCCC(=O)CCC(=O)NCCCC[C@@H](NC(=O)[C@@H](CN)NC(=O)c1ccc([Si](F)(C(C)(C)C)C(C)(C)C)cc1)C(=O)O)C(=O)O. The van der Waals surface area contributed by atoms with Gasteiger partial charge in [0.25, 0.3) is 14.3 Å². The highest BCUT2D eigenvalue weighted by molar-refractivity contribution is 6.90. The van der Waals surface area contributed by atoms with Crippen LogP contribution < -0.4 is 32.2 Å². The van der Waals surface area contributed by atoms with E-state index in [0.29, 0.717) is 37.3 Å². The first-order chi connectivity index (χ1) is 23.2. The number of nitrogens with one attached hydrogen (secondary N) is 4. The number of hydrogen-bond acceptors (Lipinski definition) is 8. The number of hydrogen-bond donors (Lipinski definition) is 7. The number of ketones is 1. The third-order valence-corrected chi connectivity index (χ3v) is 14.1. The van der Waals surface area contributed by atoms with Crippen molar-refractivity contribution in [3.05, 3.63) is 29.8 Å². The zero-order valence-electron chi connectivity index (χ0n) is 30.6. The Hall–Kier alpha value is -3.69. The van der Waals surface area contributed by atoms with Gasteiger partial charge in [0.15, 0.2) is 0 Å². The van der Waals surface area contributed by atoms with Crippen molar-refractivity contribution in [2.24, 2.45) is 5.73 Å². The monoisotopic (exact) mass is 723 g/mol. The summed E-state index contributed by atoms with van der Waals surface area (Å²) in [7, 11) is -1.97. The van der Waals surface area contributed by atoms with Crippen molar-refractivity contribution in [3.8, 4) is 0 Å². The molecular weight excluding hydrogens is 665 g/mol. The first-order valence-electron chi connectivity index (χ1n) is 17.2. The summed E-state index contributed by atoms with van der Waals surface area (Å²) in [4.78, 5) is 72.9. The number of nitrogens with two attached hydrogens (primary N) is 1. The molecule has 0 aliphatic heterocycles. The number of rotatable bonds is 22. The van der Waals surface area contributed by atoms with Crippen LogP contribution in [0.15, 0.2) is 24.3 Å². The molecule has 0 aromatic heterocycles. The standard InChI is InChI=1S/C35H58FN5O8Si/c1-34(2,3)50(36,35(4,5)6)25-18-15-23(16-19-25)30(44)41-28(22-37)31(45)40-27(33(48)49)14-10-11-21-39-29(43)20-17-24(42)12-8-9-13-26(38-7)32(46)47/h15-16,18-19,26-28,38H,8-14,17,20-22,37H2,1-7H3,(H,39,43)(H,40,45)(H,41,44)(H,46,47)(H,48,49)/t26-,27-,28-/m1/s1. The molecule has 0 unspecified atom stereocenters. The molecule has 0 fully saturated rings. The first kappa shape index (κ1) is 44.3. The molecule has 0 bridgehead atoms. The molecule has 0 saturated carbocycles. The lowest BCUT2D eigenvalue weighted by Crippen LogP contribution is -2.58. The molecule has 50 heavy (non-hydrogen) atoms. The maximum Gasteiger partial charge on any atom is 0.326 e. The van der Waals surface area contributed by atoms with Crippen LogP contribution in [0.4, 0.5) is 4.11 Å². The van der Waals surface area contributed by atoms with Gasteiger partial charge in [0.2, 0.25) is 11.8 Å². The fourth-order valence-corrected chi connectivity index (χ4v) is 10.7. The van der Waals surface area contributed by atoms with Crippen LogP contribution in [0.5, 0.6) is 0 Å². The topological polar surface area (TPSA) is 217 Å². The molecule has 3 atom stereocenters. The summed E-state index contributed by atoms with van der Waals surface area (Å²) in [5, 5.41) is 28.4. The van der Waals surface area contributed by atoms with Crippen molar-refractivity contribution in [1.82, 2.24) is 21.3 Å². The number of carboxylic acid groups (broad SMARTS) is 2. The Morgan fingerprint density at radius 1 is 0.760 bits per heavy atom. The van der Waals surface area contributed by atoms with E-state index in [1.165, 1.54) is 12.1 Å². The Balaban J connectivity index is 2.55. The lowest BCUT2D eigenvalue weighted by molar-refractivity contribution is -0.142. The number of carbonyl (C=O) groups excluding carboxylic acids is 4. The van der Waals surface area contributed by atoms with E-state index in [9.17, 15) is 33.9 Å². The minimum Gasteiger partial charge on any atom is -0.480 e. The molecule has 13 nitrogen and oxygen atoms in total. The highest BCUT2D eigenvalue weighted by atomic mass is 28.4. The van der Waals surface area contributed by atoms with Gasteiger partial charge in [-0.3, -0.25) is 24.0 Å². The summed E-state index contributed by atoms with van der Waals surface area (Å²) in [6.45, 7) is 11.2. The van der Waals surface area contributed by atoms with Crippen LogP contribution in [0.1, 0.15) is 110 Å². The number of halogens is 1. The van der Waals surface area contributed by atoms with Gasteiger partial charge in [-0.25, -0.2) is 4.79 Å². The maximum atomic E-state index is 16.6. The zero-order chi connectivity index (χ0) is 38.3. The van der Waals surface area contributed by atoms with Gasteiger partial charge in [0.05, 0.1) is 0 Å². The second kappa shape index (κ2) is 20.2. The van der Waals surface area contributed by atoms with Gasteiger partial charge in [-0.1, -0.05) is 60.1 Å². The van der Waals surface area contributed by atoms with E-state index in [1.807, 2.05) is 41.5 Å². The average molecular weight is 724 g/mol. The number of unbranched alkanes of at least 4 members (excludes halogenated alkanes) is 2. The maximum absolute atomic E-state index is 16.6. The molecule has 0 aliphatic rings. The van der Waals surface area contributed by atoms with Crippen molar-refractivity contribution in [1.29, 1.82) is 0 Å². The number of carboxylic acids is 2. The van der Waals surface area contributed by atoms with Gasteiger partial charge in [0.1, 0.15) is 23.9 Å². The smallest absolute Gasteiger partial charge is 0.326 e. The van der Waals surface area contributed by atoms with Crippen LogP contribution >= 0.6 is 0 Å². The predicted molar refractivity (Wildman–Crippen MR) is 192 cm³/mol. The van der Waals surface area contributed by atoms with Crippen LogP contribution in [0.2, 0.25) is 10.1 Å². The minimum absolute atomic E-state index is 0.0173. The normalized spacial score (nSPS) is 13.9. The highest BCUT2D eigenvalue weighted by Crippen LogP contribution is 2.51. The van der Waals surface area contributed by atoms with Gasteiger partial charge in [0, 0.05) is 37.9 Å². The molecule has 0 heterocycles. The van der Waals surface area contributed by atoms with Crippen molar-refractivity contribution in [3.63, 3.8) is 0 Å². The molecule has 0 saturated heterocycles. The van der Waals surface area contributed by atoms with Crippen molar-refractivity contribution in [2.75, 3.05) is 20.1 Å². The summed E-state index contributed by atoms with van der Waals surface area (Å²) in [5.74, 6) is -3.97. The molecule has 15 heteroatoms. The second-order valence-electron chi connectivity index (χ2n) is 14.7. The molecule has 1 aromatic rings. The molecule has 0 aliphatic carbocycles. The molecule has 0 radical (unpaired) electrons. The van der Waals surface area contributed by atoms with Crippen LogP contribution in [-0.4, -0.2) is 92.3 Å². The van der Waals surface area contributed by atoms with E-state index in [4.69, 9.17) is 10.8 Å². The van der Waals surface area contributed by atoms with E-state index in [-0.39, 0.29) is 56.0 Å². The number of aliphatic carboxylic acids is 2. The number of Topliss-reactive ketones (excluding diaryl/α,β-unsaturated/α-hetero) is 1. The number of benzene rings is 1. The van der Waals surface area contributed by atoms with Gasteiger partial charge in [-0.15, -0.1) is 0 Å². The highest BCUT2D eigenvalue weighted by Gasteiger charge is 2.56. The summed E-state index contributed by atoms with van der Waals surface area (Å²) >= 11 is 0. The van der Waals surface area contributed by atoms with Crippen LogP contribution in [0.3, 0.4) is 0 Å². The Morgan fingerprint density at radius 3 is 1.80 bits per heavy atom. The Kier molecular flexibility index (Phi) is 17.9. The molecule has 3 amide bonds. The van der Waals surface area contributed by atoms with Crippen molar-refractivity contribution < 1.29 is 43.1 Å². The lowest BCUT2D eigenvalue weighted by Gasteiger charge is -2.44.